The van der Waals surface area contributed by atoms with Crippen molar-refractivity contribution in [2.75, 3.05) is 51.8 Å². The smallest absolute Gasteiger partial charge is 0.246 e. The van der Waals surface area contributed by atoms with E-state index in [0.717, 1.165) is 12.1 Å². The lowest BCUT2D eigenvalue weighted by Crippen LogP contribution is -2.43. The molecule has 1 unspecified atom stereocenters. The predicted octanol–water partition coefficient (Wildman–Crippen LogP) is 1.89. The van der Waals surface area contributed by atoms with Crippen molar-refractivity contribution >= 4 is 31.6 Å². The van der Waals surface area contributed by atoms with E-state index in [2.05, 4.69) is 5.32 Å². The normalized spacial score (nSPS) is 20.1. The molecule has 1 amide bonds. The highest BCUT2D eigenvalue weighted by Gasteiger charge is 2.34. The molecule has 2 aromatic carbocycles. The minimum Gasteiger partial charge on any atom is -0.495 e. The number of ether oxygens (including phenoxy) is 2. The second-order valence-corrected chi connectivity index (χ2v) is 12.4. The predicted molar refractivity (Wildman–Crippen MR) is 129 cm³/mol. The van der Waals surface area contributed by atoms with Gasteiger partial charge in [0.25, 0.3) is 0 Å². The maximum absolute atomic E-state index is 13.2. The average Bonchev–Trinajstić information content (AvgIpc) is 2.89. The van der Waals surface area contributed by atoms with Crippen molar-refractivity contribution in [3.63, 3.8) is 0 Å². The Balaban J connectivity index is 1.51. The van der Waals surface area contributed by atoms with Gasteiger partial charge in [-0.1, -0.05) is 0 Å². The standard InChI is InChI=1S/C23H28FN3O7S2/c1-33-21-9-6-19(15-22(21)36(31,32)26-11-13-34-14-12-26)25-23(28)17-3-2-10-27(16-17)35(29,30)20-7-4-18(24)5-8-20/h4-9,15,17H,2-3,10-14,16H2,1H3,(H,25,28). The molecule has 196 valence electrons. The van der Waals surface area contributed by atoms with Gasteiger partial charge in [-0.15, -0.1) is 0 Å². The van der Waals surface area contributed by atoms with Crippen LogP contribution < -0.4 is 10.1 Å². The lowest BCUT2D eigenvalue weighted by molar-refractivity contribution is -0.120. The van der Waals surface area contributed by atoms with Gasteiger partial charge in [-0.05, 0) is 55.3 Å². The molecular formula is C23H28FN3O7S2. The monoisotopic (exact) mass is 541 g/mol. The van der Waals surface area contributed by atoms with Crippen LogP contribution in [0.15, 0.2) is 52.3 Å². The molecule has 36 heavy (non-hydrogen) atoms. The molecule has 2 saturated heterocycles. The Hall–Kier alpha value is -2.58. The quantitative estimate of drug-likeness (QED) is 0.568. The minimum absolute atomic E-state index is 0.0410. The fraction of sp³-hybridized carbons (Fsp3) is 0.435. The number of sulfonamides is 2. The number of hydrogen-bond acceptors (Lipinski definition) is 7. The average molecular weight is 542 g/mol. The van der Waals surface area contributed by atoms with Gasteiger partial charge in [0, 0.05) is 31.9 Å². The van der Waals surface area contributed by atoms with Gasteiger partial charge in [-0.3, -0.25) is 4.79 Å². The van der Waals surface area contributed by atoms with Crippen LogP contribution in [0.5, 0.6) is 5.75 Å². The third-order valence-corrected chi connectivity index (χ3v) is 10.0. The summed E-state index contributed by atoms with van der Waals surface area (Å²) in [5, 5.41) is 2.72. The van der Waals surface area contributed by atoms with Crippen molar-refractivity contribution in [3.05, 3.63) is 48.3 Å². The molecule has 1 N–H and O–H groups in total. The zero-order valence-corrected chi connectivity index (χ0v) is 21.4. The van der Waals surface area contributed by atoms with E-state index in [1.165, 1.54) is 46.1 Å². The summed E-state index contributed by atoms with van der Waals surface area (Å²) in [5.74, 6) is -1.46. The van der Waals surface area contributed by atoms with Gasteiger partial charge in [0.15, 0.2) is 0 Å². The second kappa shape index (κ2) is 10.8. The molecule has 2 aliphatic heterocycles. The van der Waals surface area contributed by atoms with Crippen molar-refractivity contribution < 1.29 is 35.5 Å². The van der Waals surface area contributed by atoms with E-state index in [-0.39, 0.29) is 60.6 Å². The van der Waals surface area contributed by atoms with Gasteiger partial charge >= 0.3 is 0 Å². The molecule has 0 aliphatic carbocycles. The largest absolute Gasteiger partial charge is 0.495 e. The number of amides is 1. The number of carbonyl (C=O) groups excluding carboxylic acids is 1. The van der Waals surface area contributed by atoms with Gasteiger partial charge in [0.1, 0.15) is 16.5 Å². The molecule has 4 rings (SSSR count). The van der Waals surface area contributed by atoms with Gasteiger partial charge in [-0.2, -0.15) is 8.61 Å². The number of piperidine rings is 1. The number of anilines is 1. The van der Waals surface area contributed by atoms with E-state index in [0.29, 0.717) is 12.8 Å². The highest BCUT2D eigenvalue weighted by Crippen LogP contribution is 2.31. The van der Waals surface area contributed by atoms with Crippen LogP contribution in [0.2, 0.25) is 0 Å². The molecule has 2 aliphatic rings. The van der Waals surface area contributed by atoms with Crippen molar-refractivity contribution in [1.82, 2.24) is 8.61 Å². The lowest BCUT2D eigenvalue weighted by Gasteiger charge is -2.31. The summed E-state index contributed by atoms with van der Waals surface area (Å²) in [5.41, 5.74) is 0.256. The highest BCUT2D eigenvalue weighted by molar-refractivity contribution is 7.89. The molecule has 0 saturated carbocycles. The third-order valence-electron chi connectivity index (χ3n) is 6.23. The van der Waals surface area contributed by atoms with E-state index < -0.39 is 37.7 Å². The first-order chi connectivity index (χ1) is 17.1. The number of methoxy groups -OCH3 is 1. The topological polar surface area (TPSA) is 122 Å². The summed E-state index contributed by atoms with van der Waals surface area (Å²) in [7, 11) is -6.41. The number of nitrogens with zero attached hydrogens (tertiary/aromatic N) is 2. The zero-order chi connectivity index (χ0) is 25.9. The Morgan fingerprint density at radius 2 is 1.69 bits per heavy atom. The Kier molecular flexibility index (Phi) is 7.95. The molecule has 0 spiro atoms. The SMILES string of the molecule is COc1ccc(NC(=O)C2CCCN(S(=O)(=O)c3ccc(F)cc3)C2)cc1S(=O)(=O)N1CCOCC1. The van der Waals surface area contributed by atoms with Crippen LogP contribution in [-0.2, 0) is 29.6 Å². The second-order valence-electron chi connectivity index (χ2n) is 8.53. The van der Waals surface area contributed by atoms with Crippen molar-refractivity contribution in [3.8, 4) is 5.75 Å². The number of morpholine rings is 1. The molecule has 2 fully saturated rings. The maximum atomic E-state index is 13.2. The first kappa shape index (κ1) is 26.5. The number of hydrogen-bond donors (Lipinski definition) is 1. The number of carbonyl (C=O) groups is 1. The fourth-order valence-corrected chi connectivity index (χ4v) is 7.37. The van der Waals surface area contributed by atoms with Crippen LogP contribution in [0, 0.1) is 11.7 Å². The summed E-state index contributed by atoms with van der Waals surface area (Å²) in [6.07, 6.45) is 0.939. The molecule has 2 heterocycles. The van der Waals surface area contributed by atoms with E-state index in [1.807, 2.05) is 0 Å². The Labute approximate surface area is 210 Å². The van der Waals surface area contributed by atoms with Gasteiger partial charge in [-0.25, -0.2) is 21.2 Å². The fourth-order valence-electron chi connectivity index (χ4n) is 4.26. The van der Waals surface area contributed by atoms with Crippen molar-refractivity contribution in [2.45, 2.75) is 22.6 Å². The Morgan fingerprint density at radius 1 is 1.00 bits per heavy atom. The molecule has 10 nitrogen and oxygen atoms in total. The lowest BCUT2D eigenvalue weighted by atomic mass is 9.98. The summed E-state index contributed by atoms with van der Waals surface area (Å²) in [4.78, 5) is 12.9. The zero-order valence-electron chi connectivity index (χ0n) is 19.7. The summed E-state index contributed by atoms with van der Waals surface area (Å²) in [6.45, 7) is 1.20. The van der Waals surface area contributed by atoms with E-state index in [4.69, 9.17) is 9.47 Å². The van der Waals surface area contributed by atoms with Crippen LogP contribution in [0.3, 0.4) is 0 Å². The molecular weight excluding hydrogens is 513 g/mol. The Morgan fingerprint density at radius 3 is 2.36 bits per heavy atom. The third kappa shape index (κ3) is 5.54. The first-order valence-electron chi connectivity index (χ1n) is 11.5. The molecule has 0 bridgehead atoms. The van der Waals surface area contributed by atoms with Crippen molar-refractivity contribution in [1.29, 1.82) is 0 Å². The van der Waals surface area contributed by atoms with E-state index in [1.54, 1.807) is 0 Å². The van der Waals surface area contributed by atoms with Crippen LogP contribution in [0.4, 0.5) is 10.1 Å². The molecule has 0 aromatic heterocycles. The van der Waals surface area contributed by atoms with Gasteiger partial charge < -0.3 is 14.8 Å². The van der Waals surface area contributed by atoms with Crippen LogP contribution >= 0.6 is 0 Å². The molecule has 2 aromatic rings. The summed E-state index contributed by atoms with van der Waals surface area (Å²) < 4.78 is 78.6. The highest BCUT2D eigenvalue weighted by atomic mass is 32.2. The van der Waals surface area contributed by atoms with Crippen LogP contribution in [0.1, 0.15) is 12.8 Å². The van der Waals surface area contributed by atoms with Crippen LogP contribution in [-0.4, -0.2) is 77.9 Å². The van der Waals surface area contributed by atoms with Crippen LogP contribution in [0.25, 0.3) is 0 Å². The first-order valence-corrected chi connectivity index (χ1v) is 14.3. The number of benzene rings is 2. The van der Waals surface area contributed by atoms with E-state index in [9.17, 15) is 26.0 Å². The van der Waals surface area contributed by atoms with Crippen molar-refractivity contribution in [2.24, 2.45) is 5.92 Å². The van der Waals surface area contributed by atoms with E-state index >= 15 is 0 Å². The van der Waals surface area contributed by atoms with Gasteiger partial charge in [0.2, 0.25) is 26.0 Å². The number of nitrogens with one attached hydrogen (secondary N) is 1. The molecule has 0 radical (unpaired) electrons. The number of halogens is 1. The molecule has 13 heteroatoms. The molecule has 1 atom stereocenters. The summed E-state index contributed by atoms with van der Waals surface area (Å²) in [6, 6.07) is 8.89. The maximum Gasteiger partial charge on any atom is 0.246 e. The summed E-state index contributed by atoms with van der Waals surface area (Å²) >= 11 is 0. The van der Waals surface area contributed by atoms with Gasteiger partial charge in [0.05, 0.1) is 31.1 Å². The Bertz CT molecular complexity index is 1310. The number of rotatable bonds is 7. The minimum atomic E-state index is -3.89.